The molecule has 2 nitrogen and oxygen atoms in total. The van der Waals surface area contributed by atoms with Gasteiger partial charge in [-0.05, 0) is 18.9 Å². The summed E-state index contributed by atoms with van der Waals surface area (Å²) in [6.45, 7) is 6.23. The van der Waals surface area contributed by atoms with Crippen molar-refractivity contribution in [1.82, 2.24) is 0 Å². The van der Waals surface area contributed by atoms with Crippen molar-refractivity contribution in [3.8, 4) is 0 Å². The summed E-state index contributed by atoms with van der Waals surface area (Å²) in [5.74, 6) is 0.215. The van der Waals surface area contributed by atoms with Gasteiger partial charge in [-0.3, -0.25) is 4.79 Å². The molecule has 1 saturated heterocycles. The van der Waals surface area contributed by atoms with Crippen molar-refractivity contribution in [3.63, 3.8) is 0 Å². The monoisotopic (exact) mass is 154 g/mol. The highest BCUT2D eigenvalue weighted by Gasteiger charge is 2.30. The van der Waals surface area contributed by atoms with Gasteiger partial charge < -0.3 is 4.74 Å². The standard InChI is InChI=1S/C9H14O2/c1-3-8(10)7-5-6-11-9(7)4-2/h3,7,9H,1,4-6H2,2H3. The summed E-state index contributed by atoms with van der Waals surface area (Å²) in [6.07, 6.45) is 3.33. The maximum Gasteiger partial charge on any atom is 0.160 e. The molecule has 2 unspecified atom stereocenters. The minimum absolute atomic E-state index is 0.0810. The quantitative estimate of drug-likeness (QED) is 0.576. The summed E-state index contributed by atoms with van der Waals surface area (Å²) in [4.78, 5) is 11.2. The van der Waals surface area contributed by atoms with Crippen LogP contribution in [0.1, 0.15) is 19.8 Å². The normalized spacial score (nSPS) is 30.3. The second kappa shape index (κ2) is 3.67. The van der Waals surface area contributed by atoms with Gasteiger partial charge in [0.15, 0.2) is 5.78 Å². The zero-order valence-electron chi connectivity index (χ0n) is 6.88. The van der Waals surface area contributed by atoms with Crippen LogP contribution in [0.4, 0.5) is 0 Å². The lowest BCUT2D eigenvalue weighted by molar-refractivity contribution is -0.119. The van der Waals surface area contributed by atoms with Crippen LogP contribution in [0.5, 0.6) is 0 Å². The van der Waals surface area contributed by atoms with Gasteiger partial charge in [-0.2, -0.15) is 0 Å². The first-order chi connectivity index (χ1) is 5.29. The summed E-state index contributed by atoms with van der Waals surface area (Å²) in [6, 6.07) is 0. The second-order valence-corrected chi connectivity index (χ2v) is 2.82. The van der Waals surface area contributed by atoms with Crippen LogP contribution in [0.25, 0.3) is 0 Å². The maximum atomic E-state index is 11.2. The molecule has 2 heteroatoms. The maximum absolute atomic E-state index is 11.2. The molecule has 1 fully saturated rings. The number of hydrogen-bond acceptors (Lipinski definition) is 2. The Morgan fingerprint density at radius 1 is 1.82 bits per heavy atom. The van der Waals surface area contributed by atoms with E-state index in [9.17, 15) is 4.79 Å². The molecule has 0 radical (unpaired) electrons. The molecule has 1 aliphatic rings. The zero-order chi connectivity index (χ0) is 8.27. The number of hydrogen-bond donors (Lipinski definition) is 0. The molecule has 0 bridgehead atoms. The molecule has 0 aromatic rings. The van der Waals surface area contributed by atoms with E-state index in [-0.39, 0.29) is 17.8 Å². The van der Waals surface area contributed by atoms with Gasteiger partial charge in [0.05, 0.1) is 12.0 Å². The molecule has 0 aromatic heterocycles. The van der Waals surface area contributed by atoms with Crippen molar-refractivity contribution in [2.45, 2.75) is 25.9 Å². The summed E-state index contributed by atoms with van der Waals surface area (Å²) < 4.78 is 5.37. The van der Waals surface area contributed by atoms with Crippen molar-refractivity contribution in [2.24, 2.45) is 5.92 Å². The van der Waals surface area contributed by atoms with E-state index >= 15 is 0 Å². The minimum Gasteiger partial charge on any atom is -0.377 e. The molecule has 0 N–H and O–H groups in total. The predicted octanol–water partition coefficient (Wildman–Crippen LogP) is 1.56. The first kappa shape index (κ1) is 8.47. The SMILES string of the molecule is C=CC(=O)C1CCOC1CC. The highest BCUT2D eigenvalue weighted by Crippen LogP contribution is 2.24. The average Bonchev–Trinajstić information content (AvgIpc) is 2.50. The molecule has 1 heterocycles. The molecule has 2 atom stereocenters. The van der Waals surface area contributed by atoms with Gasteiger partial charge in [0, 0.05) is 6.61 Å². The molecule has 0 aromatic carbocycles. The molecule has 11 heavy (non-hydrogen) atoms. The van der Waals surface area contributed by atoms with Gasteiger partial charge in [0.2, 0.25) is 0 Å². The van der Waals surface area contributed by atoms with Gasteiger partial charge in [-0.15, -0.1) is 0 Å². The van der Waals surface area contributed by atoms with E-state index < -0.39 is 0 Å². The fourth-order valence-electron chi connectivity index (χ4n) is 1.53. The summed E-state index contributed by atoms with van der Waals surface area (Å²) in [7, 11) is 0. The Kier molecular flexibility index (Phi) is 2.83. The Bertz CT molecular complexity index is 163. The first-order valence-corrected chi connectivity index (χ1v) is 4.07. The number of carbonyl (C=O) groups is 1. The van der Waals surface area contributed by atoms with Crippen molar-refractivity contribution in [3.05, 3.63) is 12.7 Å². The van der Waals surface area contributed by atoms with Crippen LogP contribution < -0.4 is 0 Å². The van der Waals surface area contributed by atoms with Crippen LogP contribution in [0.3, 0.4) is 0 Å². The lowest BCUT2D eigenvalue weighted by Crippen LogP contribution is -2.21. The lowest BCUT2D eigenvalue weighted by atomic mass is 9.95. The number of carbonyl (C=O) groups excluding carboxylic acids is 1. The highest BCUT2D eigenvalue weighted by molar-refractivity contribution is 5.91. The van der Waals surface area contributed by atoms with Crippen molar-refractivity contribution >= 4 is 5.78 Å². The third-order valence-corrected chi connectivity index (χ3v) is 2.18. The van der Waals surface area contributed by atoms with Crippen molar-refractivity contribution in [2.75, 3.05) is 6.61 Å². The van der Waals surface area contributed by atoms with Gasteiger partial charge in [-0.1, -0.05) is 13.5 Å². The first-order valence-electron chi connectivity index (χ1n) is 4.07. The van der Waals surface area contributed by atoms with E-state index in [1.165, 1.54) is 6.08 Å². The molecule has 1 rings (SSSR count). The minimum atomic E-state index is 0.0810. The topological polar surface area (TPSA) is 26.3 Å². The van der Waals surface area contributed by atoms with E-state index in [1.807, 2.05) is 6.92 Å². The molecule has 0 saturated carbocycles. The van der Waals surface area contributed by atoms with Gasteiger partial charge in [0.1, 0.15) is 0 Å². The van der Waals surface area contributed by atoms with Crippen LogP contribution in [0, 0.1) is 5.92 Å². The fraction of sp³-hybridized carbons (Fsp3) is 0.667. The Labute approximate surface area is 67.2 Å². The number of allylic oxidation sites excluding steroid dienone is 1. The average molecular weight is 154 g/mol. The van der Waals surface area contributed by atoms with Crippen molar-refractivity contribution < 1.29 is 9.53 Å². The summed E-state index contributed by atoms with van der Waals surface area (Å²) in [5, 5.41) is 0. The third kappa shape index (κ3) is 1.69. The van der Waals surface area contributed by atoms with Gasteiger partial charge in [-0.25, -0.2) is 0 Å². The Morgan fingerprint density at radius 3 is 3.09 bits per heavy atom. The summed E-state index contributed by atoms with van der Waals surface area (Å²) in [5.41, 5.74) is 0. The molecular weight excluding hydrogens is 140 g/mol. The third-order valence-electron chi connectivity index (χ3n) is 2.18. The zero-order valence-corrected chi connectivity index (χ0v) is 6.88. The van der Waals surface area contributed by atoms with Crippen LogP contribution in [0.2, 0.25) is 0 Å². The molecular formula is C9H14O2. The summed E-state index contributed by atoms with van der Waals surface area (Å²) >= 11 is 0. The predicted molar refractivity (Wildman–Crippen MR) is 43.3 cm³/mol. The Balaban J connectivity index is 2.55. The molecule has 62 valence electrons. The van der Waals surface area contributed by atoms with E-state index in [0.29, 0.717) is 0 Å². The number of ether oxygens (including phenoxy) is 1. The number of rotatable bonds is 3. The van der Waals surface area contributed by atoms with Crippen LogP contribution in [0.15, 0.2) is 12.7 Å². The van der Waals surface area contributed by atoms with Crippen LogP contribution in [-0.4, -0.2) is 18.5 Å². The van der Waals surface area contributed by atoms with Gasteiger partial charge >= 0.3 is 0 Å². The van der Waals surface area contributed by atoms with Crippen LogP contribution in [-0.2, 0) is 9.53 Å². The second-order valence-electron chi connectivity index (χ2n) is 2.82. The lowest BCUT2D eigenvalue weighted by Gasteiger charge is -2.12. The Morgan fingerprint density at radius 2 is 2.55 bits per heavy atom. The molecule has 1 aliphatic heterocycles. The van der Waals surface area contributed by atoms with E-state index in [2.05, 4.69) is 6.58 Å². The number of ketones is 1. The largest absolute Gasteiger partial charge is 0.377 e. The van der Waals surface area contributed by atoms with E-state index in [4.69, 9.17) is 4.74 Å². The van der Waals surface area contributed by atoms with Crippen molar-refractivity contribution in [1.29, 1.82) is 0 Å². The van der Waals surface area contributed by atoms with Crippen LogP contribution >= 0.6 is 0 Å². The molecule has 0 spiro atoms. The van der Waals surface area contributed by atoms with Gasteiger partial charge in [0.25, 0.3) is 0 Å². The Hall–Kier alpha value is -0.630. The molecule has 0 aliphatic carbocycles. The smallest absolute Gasteiger partial charge is 0.160 e. The van der Waals surface area contributed by atoms with E-state index in [0.717, 1.165) is 19.4 Å². The van der Waals surface area contributed by atoms with E-state index in [1.54, 1.807) is 0 Å². The fourth-order valence-corrected chi connectivity index (χ4v) is 1.53. The highest BCUT2D eigenvalue weighted by atomic mass is 16.5. The molecule has 0 amide bonds.